The number of ether oxygens (including phenoxy) is 1. The zero-order chi connectivity index (χ0) is 9.84. The monoisotopic (exact) mass is 294 g/mol. The Bertz CT molecular complexity index is 298. The molecule has 0 saturated heterocycles. The van der Waals surface area contributed by atoms with E-state index in [0.29, 0.717) is 6.61 Å². The van der Waals surface area contributed by atoms with Gasteiger partial charge in [-0.3, -0.25) is 0 Å². The van der Waals surface area contributed by atoms with E-state index in [4.69, 9.17) is 4.74 Å². The molecule has 0 aliphatic carbocycles. The number of carbonyl (C=O) groups excluding carboxylic acids is 1. The second-order valence-electron chi connectivity index (χ2n) is 2.57. The van der Waals surface area contributed by atoms with Crippen molar-refractivity contribution in [1.29, 1.82) is 0 Å². The van der Waals surface area contributed by atoms with Crippen molar-refractivity contribution in [2.75, 3.05) is 6.61 Å². The Hall–Kier alpha value is -0.590. The molecule has 0 aliphatic heterocycles. The van der Waals surface area contributed by atoms with Crippen LogP contribution >= 0.6 is 22.6 Å². The summed E-state index contributed by atoms with van der Waals surface area (Å²) in [6.45, 7) is 3.99. The van der Waals surface area contributed by atoms with Crippen LogP contribution in [0.3, 0.4) is 0 Å². The van der Waals surface area contributed by atoms with Gasteiger partial charge < -0.3 is 9.30 Å². The third kappa shape index (κ3) is 2.68. The molecule has 1 rings (SSSR count). The van der Waals surface area contributed by atoms with Gasteiger partial charge in [0.05, 0.1) is 12.9 Å². The fraction of sp³-hybridized carbons (Fsp3) is 0.500. The van der Waals surface area contributed by atoms with Crippen LogP contribution in [0.15, 0.2) is 12.5 Å². The van der Waals surface area contributed by atoms with Gasteiger partial charge in [-0.2, -0.15) is 0 Å². The summed E-state index contributed by atoms with van der Waals surface area (Å²) in [7, 11) is 0. The molecule has 1 aromatic rings. The first-order valence-corrected chi connectivity index (χ1v) is 5.08. The lowest BCUT2D eigenvalue weighted by Crippen LogP contribution is -2.17. The lowest BCUT2D eigenvalue weighted by molar-refractivity contribution is -0.146. The summed E-state index contributed by atoms with van der Waals surface area (Å²) in [6.07, 6.45) is 3.44. The van der Waals surface area contributed by atoms with E-state index in [0.717, 1.165) is 3.70 Å². The second-order valence-corrected chi connectivity index (χ2v) is 3.68. The molecule has 0 radical (unpaired) electrons. The van der Waals surface area contributed by atoms with Crippen LogP contribution in [-0.2, 0) is 9.53 Å². The smallest absolute Gasteiger partial charge is 0.328 e. The molecule has 0 bridgehead atoms. The highest BCUT2D eigenvalue weighted by atomic mass is 127. The molecule has 0 aromatic carbocycles. The van der Waals surface area contributed by atoms with Gasteiger partial charge in [0, 0.05) is 6.20 Å². The summed E-state index contributed by atoms with van der Waals surface area (Å²) < 4.78 is 7.48. The lowest BCUT2D eigenvalue weighted by atomic mass is 10.3. The highest BCUT2D eigenvalue weighted by molar-refractivity contribution is 14.1. The standard InChI is InChI=1S/C8H11IN2O2/c1-3-13-8(12)6(2)11-4-7(9)10-5-11/h4-6H,3H2,1-2H3. The second kappa shape index (κ2) is 4.59. The number of esters is 1. The van der Waals surface area contributed by atoms with Crippen molar-refractivity contribution < 1.29 is 9.53 Å². The van der Waals surface area contributed by atoms with Crippen LogP contribution in [0.4, 0.5) is 0 Å². The molecule has 0 saturated carbocycles. The predicted molar refractivity (Wildman–Crippen MR) is 56.3 cm³/mol. The Labute approximate surface area is 90.4 Å². The Morgan fingerprint density at radius 1 is 1.85 bits per heavy atom. The number of nitrogens with zero attached hydrogens (tertiary/aromatic N) is 2. The Balaban J connectivity index is 2.67. The van der Waals surface area contributed by atoms with Crippen LogP contribution in [0, 0.1) is 3.70 Å². The highest BCUT2D eigenvalue weighted by Crippen LogP contribution is 2.09. The average molecular weight is 294 g/mol. The van der Waals surface area contributed by atoms with Gasteiger partial charge in [0.1, 0.15) is 9.74 Å². The minimum atomic E-state index is -0.295. The van der Waals surface area contributed by atoms with E-state index in [2.05, 4.69) is 27.6 Å². The maximum Gasteiger partial charge on any atom is 0.328 e. The van der Waals surface area contributed by atoms with E-state index in [-0.39, 0.29) is 12.0 Å². The van der Waals surface area contributed by atoms with E-state index in [1.54, 1.807) is 24.7 Å². The van der Waals surface area contributed by atoms with E-state index in [1.807, 2.05) is 6.20 Å². The summed E-state index contributed by atoms with van der Waals surface area (Å²) in [6, 6.07) is -0.295. The molecular weight excluding hydrogens is 283 g/mol. The first-order chi connectivity index (χ1) is 6.15. The third-order valence-electron chi connectivity index (χ3n) is 1.64. The number of aromatic nitrogens is 2. The first-order valence-electron chi connectivity index (χ1n) is 4.00. The van der Waals surface area contributed by atoms with Crippen LogP contribution in [-0.4, -0.2) is 22.1 Å². The minimum Gasteiger partial charge on any atom is -0.464 e. The van der Waals surface area contributed by atoms with Gasteiger partial charge in [-0.25, -0.2) is 9.78 Å². The van der Waals surface area contributed by atoms with Crippen molar-refractivity contribution in [3.05, 3.63) is 16.2 Å². The summed E-state index contributed by atoms with van der Waals surface area (Å²) in [5, 5.41) is 0. The maximum atomic E-state index is 11.3. The molecule has 0 spiro atoms. The fourth-order valence-corrected chi connectivity index (χ4v) is 1.35. The molecule has 1 aromatic heterocycles. The Morgan fingerprint density at radius 2 is 2.54 bits per heavy atom. The number of hydrogen-bond donors (Lipinski definition) is 0. The van der Waals surface area contributed by atoms with Crippen LogP contribution < -0.4 is 0 Å². The van der Waals surface area contributed by atoms with Gasteiger partial charge >= 0.3 is 5.97 Å². The fourth-order valence-electron chi connectivity index (χ4n) is 0.908. The average Bonchev–Trinajstić information content (AvgIpc) is 2.51. The number of rotatable bonds is 3. The van der Waals surface area contributed by atoms with E-state index in [1.165, 1.54) is 0 Å². The molecule has 13 heavy (non-hydrogen) atoms. The molecule has 4 nitrogen and oxygen atoms in total. The van der Waals surface area contributed by atoms with Gasteiger partial charge in [-0.15, -0.1) is 0 Å². The van der Waals surface area contributed by atoms with Gasteiger partial charge in [0.15, 0.2) is 0 Å². The van der Waals surface area contributed by atoms with Gasteiger partial charge in [-0.1, -0.05) is 0 Å². The molecule has 1 heterocycles. The van der Waals surface area contributed by atoms with Gasteiger partial charge in [-0.05, 0) is 36.4 Å². The minimum absolute atomic E-state index is 0.226. The quantitative estimate of drug-likeness (QED) is 0.628. The molecule has 0 aliphatic rings. The molecule has 5 heteroatoms. The maximum absolute atomic E-state index is 11.3. The van der Waals surface area contributed by atoms with Crippen molar-refractivity contribution in [3.63, 3.8) is 0 Å². The summed E-state index contributed by atoms with van der Waals surface area (Å²) in [5.41, 5.74) is 0. The van der Waals surface area contributed by atoms with Crippen molar-refractivity contribution in [3.8, 4) is 0 Å². The van der Waals surface area contributed by atoms with Crippen LogP contribution in [0.5, 0.6) is 0 Å². The normalized spacial score (nSPS) is 12.5. The van der Waals surface area contributed by atoms with Crippen molar-refractivity contribution >= 4 is 28.6 Å². The largest absolute Gasteiger partial charge is 0.464 e. The Morgan fingerprint density at radius 3 is 3.00 bits per heavy atom. The Kier molecular flexibility index (Phi) is 3.71. The number of halogens is 1. The van der Waals surface area contributed by atoms with Crippen LogP contribution in [0.2, 0.25) is 0 Å². The zero-order valence-corrected chi connectivity index (χ0v) is 9.69. The van der Waals surface area contributed by atoms with Crippen molar-refractivity contribution in [1.82, 2.24) is 9.55 Å². The van der Waals surface area contributed by atoms with E-state index in [9.17, 15) is 4.79 Å². The van der Waals surface area contributed by atoms with E-state index >= 15 is 0 Å². The molecule has 72 valence electrons. The third-order valence-corrected chi connectivity index (χ3v) is 2.20. The summed E-state index contributed by atoms with van der Waals surface area (Å²) in [4.78, 5) is 15.3. The molecule has 0 fully saturated rings. The molecule has 1 atom stereocenters. The van der Waals surface area contributed by atoms with Gasteiger partial charge in [0.25, 0.3) is 0 Å². The lowest BCUT2D eigenvalue weighted by Gasteiger charge is -2.10. The first kappa shape index (κ1) is 10.5. The summed E-state index contributed by atoms with van der Waals surface area (Å²) in [5.74, 6) is -0.226. The van der Waals surface area contributed by atoms with Crippen molar-refractivity contribution in [2.45, 2.75) is 19.9 Å². The summed E-state index contributed by atoms with van der Waals surface area (Å²) >= 11 is 2.09. The molecule has 0 N–H and O–H groups in total. The molecule has 0 amide bonds. The SMILES string of the molecule is CCOC(=O)C(C)n1cnc(I)c1. The zero-order valence-electron chi connectivity index (χ0n) is 7.53. The highest BCUT2D eigenvalue weighted by Gasteiger charge is 2.15. The van der Waals surface area contributed by atoms with Crippen LogP contribution in [0.1, 0.15) is 19.9 Å². The molecule has 1 unspecified atom stereocenters. The van der Waals surface area contributed by atoms with Crippen molar-refractivity contribution in [2.24, 2.45) is 0 Å². The number of imidazole rings is 1. The van der Waals surface area contributed by atoms with E-state index < -0.39 is 0 Å². The topological polar surface area (TPSA) is 44.1 Å². The number of hydrogen-bond acceptors (Lipinski definition) is 3. The van der Waals surface area contributed by atoms with Gasteiger partial charge in [0.2, 0.25) is 0 Å². The number of carbonyl (C=O) groups is 1. The molecular formula is C8H11IN2O2. The predicted octanol–water partition coefficient (Wildman–Crippen LogP) is 1.61. The van der Waals surface area contributed by atoms with Crippen LogP contribution in [0.25, 0.3) is 0 Å².